The Kier molecular flexibility index (Phi) is 3.82. The quantitative estimate of drug-likeness (QED) is 0.921. The van der Waals surface area contributed by atoms with Crippen molar-refractivity contribution in [2.45, 2.75) is 11.4 Å². The molecule has 0 amide bonds. The highest BCUT2D eigenvalue weighted by atomic mass is 32.2. The molecule has 0 spiro atoms. The SMILES string of the molecule is CS(=O)(=O)c1ccc(Oc2cccc(CN)n2)cc1. The number of sulfone groups is 1. The van der Waals surface area contributed by atoms with Crippen molar-refractivity contribution in [3.8, 4) is 11.6 Å². The Balaban J connectivity index is 2.19. The van der Waals surface area contributed by atoms with E-state index in [4.69, 9.17) is 10.5 Å². The first-order chi connectivity index (χ1) is 8.99. The monoisotopic (exact) mass is 278 g/mol. The molecule has 0 radical (unpaired) electrons. The molecule has 0 aliphatic rings. The Hall–Kier alpha value is -1.92. The van der Waals surface area contributed by atoms with Crippen LogP contribution in [0.3, 0.4) is 0 Å². The van der Waals surface area contributed by atoms with Gasteiger partial charge in [0.25, 0.3) is 0 Å². The minimum Gasteiger partial charge on any atom is -0.439 e. The summed E-state index contributed by atoms with van der Waals surface area (Å²) in [6, 6.07) is 11.5. The van der Waals surface area contributed by atoms with E-state index in [1.165, 1.54) is 12.1 Å². The molecule has 100 valence electrons. The summed E-state index contributed by atoms with van der Waals surface area (Å²) in [5, 5.41) is 0. The van der Waals surface area contributed by atoms with Gasteiger partial charge in [-0.05, 0) is 30.3 Å². The van der Waals surface area contributed by atoms with Gasteiger partial charge in [0.15, 0.2) is 9.84 Å². The molecule has 0 bridgehead atoms. The van der Waals surface area contributed by atoms with E-state index in [1.54, 1.807) is 30.3 Å². The van der Waals surface area contributed by atoms with Crippen molar-refractivity contribution in [3.05, 3.63) is 48.2 Å². The van der Waals surface area contributed by atoms with Crippen LogP contribution >= 0.6 is 0 Å². The Morgan fingerprint density at radius 1 is 1.16 bits per heavy atom. The molecule has 1 aromatic carbocycles. The van der Waals surface area contributed by atoms with Gasteiger partial charge in [-0.25, -0.2) is 13.4 Å². The average molecular weight is 278 g/mol. The number of hydrogen-bond donors (Lipinski definition) is 1. The van der Waals surface area contributed by atoms with Gasteiger partial charge in [-0.2, -0.15) is 0 Å². The van der Waals surface area contributed by atoms with Gasteiger partial charge in [0, 0.05) is 18.9 Å². The maximum absolute atomic E-state index is 11.3. The third-order valence-corrected chi connectivity index (χ3v) is 3.59. The van der Waals surface area contributed by atoms with Gasteiger partial charge in [-0.3, -0.25) is 0 Å². The Labute approximate surface area is 112 Å². The first-order valence-electron chi connectivity index (χ1n) is 5.63. The predicted molar refractivity (Wildman–Crippen MR) is 71.8 cm³/mol. The number of nitrogens with zero attached hydrogens (tertiary/aromatic N) is 1. The maximum Gasteiger partial charge on any atom is 0.219 e. The fourth-order valence-corrected chi connectivity index (χ4v) is 2.13. The number of rotatable bonds is 4. The van der Waals surface area contributed by atoms with Crippen molar-refractivity contribution in [2.75, 3.05) is 6.26 Å². The molecule has 0 aliphatic heterocycles. The standard InChI is InChI=1S/C13H14N2O3S/c1-19(16,17)12-7-5-11(6-8-12)18-13-4-2-3-10(9-14)15-13/h2-8H,9,14H2,1H3. The summed E-state index contributed by atoms with van der Waals surface area (Å²) in [5.74, 6) is 0.948. The molecule has 0 aliphatic carbocycles. The number of ether oxygens (including phenoxy) is 1. The van der Waals surface area contributed by atoms with Crippen molar-refractivity contribution in [2.24, 2.45) is 5.73 Å². The van der Waals surface area contributed by atoms with Crippen LogP contribution < -0.4 is 10.5 Å². The minimum absolute atomic E-state index is 0.253. The molecule has 0 unspecified atom stereocenters. The summed E-state index contributed by atoms with van der Waals surface area (Å²) in [7, 11) is -3.19. The molecule has 2 rings (SSSR count). The molecule has 0 atom stereocenters. The fraction of sp³-hybridized carbons (Fsp3) is 0.154. The minimum atomic E-state index is -3.19. The van der Waals surface area contributed by atoms with Crippen LogP contribution in [0.2, 0.25) is 0 Å². The van der Waals surface area contributed by atoms with Crippen molar-refractivity contribution in [1.29, 1.82) is 0 Å². The number of nitrogens with two attached hydrogens (primary N) is 1. The van der Waals surface area contributed by atoms with Gasteiger partial charge in [0.05, 0.1) is 10.6 Å². The molecular formula is C13H14N2O3S. The molecule has 1 aromatic heterocycles. The molecule has 5 nitrogen and oxygen atoms in total. The topological polar surface area (TPSA) is 82.3 Å². The highest BCUT2D eigenvalue weighted by Gasteiger charge is 2.07. The van der Waals surface area contributed by atoms with E-state index in [-0.39, 0.29) is 4.90 Å². The maximum atomic E-state index is 11.3. The van der Waals surface area contributed by atoms with Gasteiger partial charge in [-0.15, -0.1) is 0 Å². The van der Waals surface area contributed by atoms with Gasteiger partial charge in [0.1, 0.15) is 5.75 Å². The van der Waals surface area contributed by atoms with Crippen molar-refractivity contribution in [3.63, 3.8) is 0 Å². The molecular weight excluding hydrogens is 264 g/mol. The number of aromatic nitrogens is 1. The van der Waals surface area contributed by atoms with E-state index in [0.29, 0.717) is 18.2 Å². The lowest BCUT2D eigenvalue weighted by atomic mass is 10.3. The van der Waals surface area contributed by atoms with Crippen LogP contribution in [-0.4, -0.2) is 19.7 Å². The lowest BCUT2D eigenvalue weighted by Crippen LogP contribution is -2.00. The van der Waals surface area contributed by atoms with Crippen molar-refractivity contribution < 1.29 is 13.2 Å². The summed E-state index contributed by atoms with van der Waals surface area (Å²) in [6.07, 6.45) is 1.16. The van der Waals surface area contributed by atoms with E-state index in [9.17, 15) is 8.42 Å². The first-order valence-corrected chi connectivity index (χ1v) is 7.52. The lowest BCUT2D eigenvalue weighted by Gasteiger charge is -2.06. The second-order valence-electron chi connectivity index (χ2n) is 4.02. The van der Waals surface area contributed by atoms with Gasteiger partial charge >= 0.3 is 0 Å². The Morgan fingerprint density at radius 2 is 1.84 bits per heavy atom. The highest BCUT2D eigenvalue weighted by molar-refractivity contribution is 7.90. The van der Waals surface area contributed by atoms with E-state index < -0.39 is 9.84 Å². The first kappa shape index (κ1) is 13.5. The molecule has 0 saturated heterocycles. The molecule has 1 heterocycles. The predicted octanol–water partition coefficient (Wildman–Crippen LogP) is 1.74. The van der Waals surface area contributed by atoms with Crippen LogP contribution in [0.1, 0.15) is 5.69 Å². The number of benzene rings is 1. The van der Waals surface area contributed by atoms with Crippen LogP contribution in [0.5, 0.6) is 11.6 Å². The van der Waals surface area contributed by atoms with Crippen LogP contribution in [0.25, 0.3) is 0 Å². The highest BCUT2D eigenvalue weighted by Crippen LogP contribution is 2.21. The van der Waals surface area contributed by atoms with Crippen LogP contribution in [-0.2, 0) is 16.4 Å². The largest absolute Gasteiger partial charge is 0.439 e. The summed E-state index contributed by atoms with van der Waals surface area (Å²) in [6.45, 7) is 0.338. The zero-order chi connectivity index (χ0) is 13.9. The number of pyridine rings is 1. The second-order valence-corrected chi connectivity index (χ2v) is 6.03. The Bertz CT molecular complexity index is 667. The zero-order valence-electron chi connectivity index (χ0n) is 10.4. The summed E-state index contributed by atoms with van der Waals surface area (Å²) in [4.78, 5) is 4.45. The molecule has 2 aromatic rings. The normalized spacial score (nSPS) is 11.3. The third-order valence-electron chi connectivity index (χ3n) is 2.46. The third kappa shape index (κ3) is 3.52. The lowest BCUT2D eigenvalue weighted by molar-refractivity contribution is 0.460. The molecule has 2 N–H and O–H groups in total. The van der Waals surface area contributed by atoms with E-state index in [2.05, 4.69) is 4.98 Å². The van der Waals surface area contributed by atoms with Crippen LogP contribution in [0, 0.1) is 0 Å². The summed E-state index contributed by atoms with van der Waals surface area (Å²) < 4.78 is 28.2. The van der Waals surface area contributed by atoms with Crippen LogP contribution in [0.15, 0.2) is 47.4 Å². The second kappa shape index (κ2) is 5.38. The summed E-state index contributed by atoms with van der Waals surface area (Å²) >= 11 is 0. The molecule has 0 saturated carbocycles. The van der Waals surface area contributed by atoms with Crippen LogP contribution in [0.4, 0.5) is 0 Å². The Morgan fingerprint density at radius 3 is 2.42 bits per heavy atom. The van der Waals surface area contributed by atoms with Crippen molar-refractivity contribution >= 4 is 9.84 Å². The van der Waals surface area contributed by atoms with Gasteiger partial charge < -0.3 is 10.5 Å². The van der Waals surface area contributed by atoms with Gasteiger partial charge in [0.2, 0.25) is 5.88 Å². The average Bonchev–Trinajstić information content (AvgIpc) is 2.38. The van der Waals surface area contributed by atoms with E-state index in [1.807, 2.05) is 0 Å². The van der Waals surface area contributed by atoms with E-state index in [0.717, 1.165) is 11.9 Å². The zero-order valence-corrected chi connectivity index (χ0v) is 11.2. The molecule has 6 heteroatoms. The van der Waals surface area contributed by atoms with Crippen molar-refractivity contribution in [1.82, 2.24) is 4.98 Å². The summed E-state index contributed by atoms with van der Waals surface area (Å²) in [5.41, 5.74) is 6.22. The molecule has 0 fully saturated rings. The fourth-order valence-electron chi connectivity index (χ4n) is 1.50. The van der Waals surface area contributed by atoms with Gasteiger partial charge in [-0.1, -0.05) is 6.07 Å². The smallest absolute Gasteiger partial charge is 0.219 e. The molecule has 19 heavy (non-hydrogen) atoms. The van der Waals surface area contributed by atoms with E-state index >= 15 is 0 Å². The number of hydrogen-bond acceptors (Lipinski definition) is 5.